The summed E-state index contributed by atoms with van der Waals surface area (Å²) in [4.78, 5) is 23.4. The lowest BCUT2D eigenvalue weighted by molar-refractivity contribution is -0.137. The van der Waals surface area contributed by atoms with Gasteiger partial charge in [-0.2, -0.15) is 13.2 Å². The molecular weight excluding hydrogens is 339 g/mol. The van der Waals surface area contributed by atoms with Gasteiger partial charge in [0.15, 0.2) is 5.82 Å². The molecule has 0 saturated carbocycles. The van der Waals surface area contributed by atoms with Crippen LogP contribution in [0.3, 0.4) is 0 Å². The zero-order valence-corrected chi connectivity index (χ0v) is 12.2. The number of rotatable bonds is 2. The van der Waals surface area contributed by atoms with Crippen molar-refractivity contribution in [2.45, 2.75) is 13.1 Å². The molecule has 10 heteroatoms. The van der Waals surface area contributed by atoms with Crippen LogP contribution < -0.4 is 10.6 Å². The molecule has 0 radical (unpaired) electrons. The molecule has 2 amide bonds. The fraction of sp³-hybridized carbons (Fsp3) is 0.154. The standard InChI is InChI=1S/C13H9ClF3N3O3/c1-6-4-10(20-23-6)19-12(22)11(21)18-9-5-7(13(15,16)17)2-3-8(9)14/h2-5H,1H3,(H,18,21)(H,19,20,22). The van der Waals surface area contributed by atoms with E-state index < -0.39 is 23.6 Å². The van der Waals surface area contributed by atoms with E-state index in [-0.39, 0.29) is 16.5 Å². The fourth-order valence-corrected chi connectivity index (χ4v) is 1.74. The topological polar surface area (TPSA) is 84.2 Å². The maximum atomic E-state index is 12.6. The van der Waals surface area contributed by atoms with Crippen molar-refractivity contribution < 1.29 is 27.3 Å². The molecule has 2 rings (SSSR count). The fourth-order valence-electron chi connectivity index (χ4n) is 1.57. The summed E-state index contributed by atoms with van der Waals surface area (Å²) in [5.41, 5.74) is -1.34. The van der Waals surface area contributed by atoms with Crippen LogP contribution in [0.25, 0.3) is 0 Å². The number of aryl methyl sites for hydroxylation is 1. The predicted octanol–water partition coefficient (Wildman–Crippen LogP) is 3.23. The molecule has 0 atom stereocenters. The second-order valence-corrected chi connectivity index (χ2v) is 4.83. The Kier molecular flexibility index (Phi) is 4.60. The largest absolute Gasteiger partial charge is 0.416 e. The SMILES string of the molecule is Cc1cc(NC(=O)C(=O)Nc2cc(C(F)(F)F)ccc2Cl)no1. The number of hydrogen-bond acceptors (Lipinski definition) is 4. The first kappa shape index (κ1) is 16.8. The Bertz CT molecular complexity index is 758. The number of hydrogen-bond donors (Lipinski definition) is 2. The van der Waals surface area contributed by atoms with E-state index in [9.17, 15) is 22.8 Å². The van der Waals surface area contributed by atoms with Crippen molar-refractivity contribution in [1.82, 2.24) is 5.16 Å². The molecule has 122 valence electrons. The Labute approximate surface area is 132 Å². The lowest BCUT2D eigenvalue weighted by atomic mass is 10.2. The van der Waals surface area contributed by atoms with Gasteiger partial charge in [0.2, 0.25) is 0 Å². The Morgan fingerprint density at radius 2 is 1.83 bits per heavy atom. The maximum absolute atomic E-state index is 12.6. The summed E-state index contributed by atoms with van der Waals surface area (Å²) in [5, 5.41) is 7.44. The number of aromatic nitrogens is 1. The third-order valence-electron chi connectivity index (χ3n) is 2.62. The van der Waals surface area contributed by atoms with Crippen molar-refractivity contribution >= 4 is 34.9 Å². The lowest BCUT2D eigenvalue weighted by Crippen LogP contribution is -2.29. The van der Waals surface area contributed by atoms with Gasteiger partial charge in [-0.05, 0) is 25.1 Å². The van der Waals surface area contributed by atoms with Gasteiger partial charge in [-0.25, -0.2) is 0 Å². The molecule has 0 aliphatic carbocycles. The molecule has 0 bridgehead atoms. The normalized spacial score (nSPS) is 11.2. The van der Waals surface area contributed by atoms with Crippen molar-refractivity contribution in [3.63, 3.8) is 0 Å². The highest BCUT2D eigenvalue weighted by atomic mass is 35.5. The average Bonchev–Trinajstić information content (AvgIpc) is 2.85. The van der Waals surface area contributed by atoms with Crippen LogP contribution in [0, 0.1) is 6.92 Å². The first-order valence-electron chi connectivity index (χ1n) is 6.09. The van der Waals surface area contributed by atoms with Gasteiger partial charge in [0, 0.05) is 6.07 Å². The van der Waals surface area contributed by atoms with Crippen molar-refractivity contribution in [3.8, 4) is 0 Å². The van der Waals surface area contributed by atoms with E-state index in [1.165, 1.54) is 6.07 Å². The van der Waals surface area contributed by atoms with Gasteiger partial charge in [-0.1, -0.05) is 16.8 Å². The molecular formula is C13H9ClF3N3O3. The zero-order chi connectivity index (χ0) is 17.2. The molecule has 0 aliphatic rings. The van der Waals surface area contributed by atoms with E-state index in [0.717, 1.165) is 12.1 Å². The molecule has 0 saturated heterocycles. The highest BCUT2D eigenvalue weighted by Gasteiger charge is 2.31. The Hall–Kier alpha value is -2.55. The van der Waals surface area contributed by atoms with Crippen LogP contribution in [0.4, 0.5) is 24.7 Å². The van der Waals surface area contributed by atoms with Gasteiger partial charge in [0.25, 0.3) is 0 Å². The summed E-state index contributed by atoms with van der Waals surface area (Å²) in [6.07, 6.45) is -4.61. The number of alkyl halides is 3. The zero-order valence-electron chi connectivity index (χ0n) is 11.5. The van der Waals surface area contributed by atoms with Gasteiger partial charge >= 0.3 is 18.0 Å². The predicted molar refractivity (Wildman–Crippen MR) is 75.0 cm³/mol. The lowest BCUT2D eigenvalue weighted by Gasteiger charge is -2.11. The van der Waals surface area contributed by atoms with Crippen LogP contribution >= 0.6 is 11.6 Å². The van der Waals surface area contributed by atoms with Crippen LogP contribution in [0.15, 0.2) is 28.8 Å². The highest BCUT2D eigenvalue weighted by molar-refractivity contribution is 6.44. The number of nitrogens with one attached hydrogen (secondary N) is 2. The number of nitrogens with zero attached hydrogens (tertiary/aromatic N) is 1. The molecule has 0 fully saturated rings. The summed E-state index contributed by atoms with van der Waals surface area (Å²) < 4.78 is 42.6. The van der Waals surface area contributed by atoms with E-state index in [4.69, 9.17) is 16.1 Å². The highest BCUT2D eigenvalue weighted by Crippen LogP contribution is 2.33. The van der Waals surface area contributed by atoms with Crippen molar-refractivity contribution in [3.05, 3.63) is 40.6 Å². The number of carbonyl (C=O) groups excluding carboxylic acids is 2. The van der Waals surface area contributed by atoms with Crippen molar-refractivity contribution in [2.24, 2.45) is 0 Å². The number of carbonyl (C=O) groups is 2. The second kappa shape index (κ2) is 6.29. The van der Waals surface area contributed by atoms with Crippen molar-refractivity contribution in [2.75, 3.05) is 10.6 Å². The summed E-state index contributed by atoms with van der Waals surface area (Å²) in [6.45, 7) is 1.57. The van der Waals surface area contributed by atoms with E-state index in [2.05, 4.69) is 10.5 Å². The molecule has 1 aromatic heterocycles. The maximum Gasteiger partial charge on any atom is 0.416 e. The minimum Gasteiger partial charge on any atom is -0.360 e. The van der Waals surface area contributed by atoms with Crippen LogP contribution in [0.1, 0.15) is 11.3 Å². The molecule has 1 heterocycles. The van der Waals surface area contributed by atoms with E-state index in [1.54, 1.807) is 6.92 Å². The molecule has 23 heavy (non-hydrogen) atoms. The second-order valence-electron chi connectivity index (χ2n) is 4.42. The third kappa shape index (κ3) is 4.22. The molecule has 0 unspecified atom stereocenters. The van der Waals surface area contributed by atoms with Crippen LogP contribution in [0.2, 0.25) is 5.02 Å². The van der Waals surface area contributed by atoms with Gasteiger partial charge in [0.05, 0.1) is 16.3 Å². The Balaban J connectivity index is 2.11. The summed E-state index contributed by atoms with van der Waals surface area (Å²) in [7, 11) is 0. The van der Waals surface area contributed by atoms with Gasteiger partial charge in [0.1, 0.15) is 5.76 Å². The van der Waals surface area contributed by atoms with Gasteiger partial charge < -0.3 is 9.84 Å². The first-order valence-corrected chi connectivity index (χ1v) is 6.47. The van der Waals surface area contributed by atoms with Crippen molar-refractivity contribution in [1.29, 1.82) is 0 Å². The quantitative estimate of drug-likeness (QED) is 0.817. The first-order chi connectivity index (χ1) is 10.7. The summed E-state index contributed by atoms with van der Waals surface area (Å²) >= 11 is 5.72. The Morgan fingerprint density at radius 1 is 1.17 bits per heavy atom. The van der Waals surface area contributed by atoms with E-state index >= 15 is 0 Å². The Morgan fingerprint density at radius 3 is 2.39 bits per heavy atom. The van der Waals surface area contributed by atoms with Crippen LogP contribution in [-0.4, -0.2) is 17.0 Å². The minimum atomic E-state index is -4.61. The monoisotopic (exact) mass is 347 g/mol. The molecule has 6 nitrogen and oxygen atoms in total. The van der Waals surface area contributed by atoms with Gasteiger partial charge in [-0.3, -0.25) is 14.9 Å². The van der Waals surface area contributed by atoms with E-state index in [1.807, 2.05) is 5.32 Å². The molecule has 2 N–H and O–H groups in total. The summed E-state index contributed by atoms with van der Waals surface area (Å²) in [6, 6.07) is 3.73. The summed E-state index contributed by atoms with van der Waals surface area (Å²) in [5.74, 6) is -1.93. The van der Waals surface area contributed by atoms with Crippen LogP contribution in [-0.2, 0) is 15.8 Å². The van der Waals surface area contributed by atoms with Gasteiger partial charge in [-0.15, -0.1) is 0 Å². The number of benzene rings is 1. The molecule has 2 aromatic rings. The third-order valence-corrected chi connectivity index (χ3v) is 2.95. The number of halogens is 4. The number of anilines is 2. The molecule has 1 aromatic carbocycles. The average molecular weight is 348 g/mol. The number of amides is 2. The molecule has 0 aliphatic heterocycles. The van der Waals surface area contributed by atoms with E-state index in [0.29, 0.717) is 11.8 Å². The smallest absolute Gasteiger partial charge is 0.360 e. The molecule has 0 spiro atoms. The van der Waals surface area contributed by atoms with Crippen LogP contribution in [0.5, 0.6) is 0 Å². The minimum absolute atomic E-state index is 0.00205.